The van der Waals surface area contributed by atoms with Gasteiger partial charge in [0.1, 0.15) is 5.75 Å². The number of carbonyl (C=O) groups is 1. The van der Waals surface area contributed by atoms with E-state index in [4.69, 9.17) is 9.15 Å². The molecule has 0 unspecified atom stereocenters. The summed E-state index contributed by atoms with van der Waals surface area (Å²) < 4.78 is 9.96. The molecule has 0 atom stereocenters. The smallest absolute Gasteiger partial charge is 0.275 e. The van der Waals surface area contributed by atoms with Crippen molar-refractivity contribution < 1.29 is 13.9 Å². The first-order valence-corrected chi connectivity index (χ1v) is 5.30. The lowest BCUT2D eigenvalue weighted by molar-refractivity contribution is 0.0952. The third-order valence-corrected chi connectivity index (χ3v) is 2.27. The number of ether oxygens (including phenoxy) is 1. The summed E-state index contributed by atoms with van der Waals surface area (Å²) in [5.41, 5.74) is 3.63. The van der Waals surface area contributed by atoms with Crippen molar-refractivity contribution in [1.29, 1.82) is 0 Å². The van der Waals surface area contributed by atoms with Crippen molar-refractivity contribution in [3.05, 3.63) is 54.0 Å². The molecule has 0 spiro atoms. The van der Waals surface area contributed by atoms with E-state index in [1.54, 1.807) is 30.3 Å². The average Bonchev–Trinajstić information content (AvgIpc) is 2.91. The zero-order chi connectivity index (χ0) is 12.8. The number of benzene rings is 1. The Morgan fingerprint density at radius 2 is 2.22 bits per heavy atom. The first-order chi connectivity index (χ1) is 8.81. The summed E-state index contributed by atoms with van der Waals surface area (Å²) in [6.07, 6.45) is 4.55. The van der Waals surface area contributed by atoms with E-state index in [1.165, 1.54) is 25.9 Å². The predicted octanol–water partition coefficient (Wildman–Crippen LogP) is 2.05. The second kappa shape index (κ2) is 5.67. The molecule has 0 fully saturated rings. The van der Waals surface area contributed by atoms with Gasteiger partial charge in [-0.1, -0.05) is 12.1 Å². The molecular formula is C13H12N2O3. The molecule has 18 heavy (non-hydrogen) atoms. The van der Waals surface area contributed by atoms with Crippen LogP contribution in [0.2, 0.25) is 0 Å². The van der Waals surface area contributed by atoms with Crippen molar-refractivity contribution >= 4 is 12.1 Å². The first-order valence-electron chi connectivity index (χ1n) is 5.30. The van der Waals surface area contributed by atoms with Gasteiger partial charge in [-0.3, -0.25) is 4.79 Å². The minimum atomic E-state index is -0.327. The quantitative estimate of drug-likeness (QED) is 0.661. The number of methoxy groups -OCH3 is 1. The van der Waals surface area contributed by atoms with Gasteiger partial charge in [0.05, 0.1) is 31.4 Å². The third-order valence-electron chi connectivity index (χ3n) is 2.27. The van der Waals surface area contributed by atoms with E-state index >= 15 is 0 Å². The zero-order valence-electron chi connectivity index (χ0n) is 9.79. The summed E-state index contributed by atoms with van der Waals surface area (Å²) in [5.74, 6) is 0.181. The van der Waals surface area contributed by atoms with Gasteiger partial charge in [0.2, 0.25) is 0 Å². The van der Waals surface area contributed by atoms with Crippen molar-refractivity contribution in [2.45, 2.75) is 0 Å². The van der Waals surface area contributed by atoms with Crippen LogP contribution in [0.1, 0.15) is 15.9 Å². The summed E-state index contributed by atoms with van der Waals surface area (Å²) in [4.78, 5) is 11.8. The molecule has 1 amide bonds. The molecule has 0 bridgehead atoms. The average molecular weight is 244 g/mol. The van der Waals surface area contributed by atoms with Gasteiger partial charge in [-0.25, -0.2) is 5.43 Å². The van der Waals surface area contributed by atoms with Gasteiger partial charge >= 0.3 is 0 Å². The normalized spacial score (nSPS) is 10.5. The van der Waals surface area contributed by atoms with Gasteiger partial charge in [0.15, 0.2) is 0 Å². The van der Waals surface area contributed by atoms with E-state index < -0.39 is 0 Å². The molecule has 1 N–H and O–H groups in total. The highest BCUT2D eigenvalue weighted by Crippen LogP contribution is 2.16. The predicted molar refractivity (Wildman–Crippen MR) is 66.8 cm³/mol. The Labute approximate surface area is 104 Å². The molecule has 0 radical (unpaired) electrons. The number of amides is 1. The Kier molecular flexibility index (Phi) is 3.76. The molecule has 0 aliphatic rings. The largest absolute Gasteiger partial charge is 0.496 e. The Balaban J connectivity index is 2.04. The number of furan rings is 1. The van der Waals surface area contributed by atoms with E-state index in [0.717, 1.165) is 5.56 Å². The fourth-order valence-electron chi connectivity index (χ4n) is 1.41. The minimum Gasteiger partial charge on any atom is -0.496 e. The molecule has 0 aliphatic heterocycles. The second-order valence-corrected chi connectivity index (χ2v) is 3.46. The van der Waals surface area contributed by atoms with Gasteiger partial charge in [0.25, 0.3) is 5.91 Å². The highest BCUT2D eigenvalue weighted by molar-refractivity contribution is 5.97. The van der Waals surface area contributed by atoms with Crippen LogP contribution in [0.5, 0.6) is 5.75 Å². The first kappa shape index (κ1) is 11.9. The molecule has 92 valence electrons. The molecule has 0 saturated heterocycles. The van der Waals surface area contributed by atoms with E-state index in [0.29, 0.717) is 11.3 Å². The number of para-hydroxylation sites is 1. The molecule has 5 nitrogen and oxygen atoms in total. The van der Waals surface area contributed by atoms with Crippen molar-refractivity contribution in [3.8, 4) is 5.75 Å². The number of nitrogens with zero attached hydrogens (tertiary/aromatic N) is 1. The maximum Gasteiger partial charge on any atom is 0.275 e. The fraction of sp³-hybridized carbons (Fsp3) is 0.0769. The van der Waals surface area contributed by atoms with Crippen LogP contribution >= 0.6 is 0 Å². The molecular weight excluding hydrogens is 232 g/mol. The molecule has 2 rings (SSSR count). The topological polar surface area (TPSA) is 63.8 Å². The highest BCUT2D eigenvalue weighted by atomic mass is 16.5. The minimum absolute atomic E-state index is 0.327. The Morgan fingerprint density at radius 1 is 1.39 bits per heavy atom. The van der Waals surface area contributed by atoms with Crippen molar-refractivity contribution in [1.82, 2.24) is 5.43 Å². The number of rotatable bonds is 4. The van der Waals surface area contributed by atoms with Crippen LogP contribution in [0.3, 0.4) is 0 Å². The summed E-state index contributed by atoms with van der Waals surface area (Å²) >= 11 is 0. The lowest BCUT2D eigenvalue weighted by atomic mass is 10.2. The summed E-state index contributed by atoms with van der Waals surface area (Å²) in [5, 5.41) is 3.83. The maximum absolute atomic E-state index is 11.8. The monoisotopic (exact) mass is 244 g/mol. The number of nitrogens with one attached hydrogen (secondary N) is 1. The van der Waals surface area contributed by atoms with E-state index in [9.17, 15) is 4.79 Å². The van der Waals surface area contributed by atoms with Crippen LogP contribution in [-0.2, 0) is 0 Å². The van der Waals surface area contributed by atoms with Crippen LogP contribution in [0.4, 0.5) is 0 Å². The zero-order valence-corrected chi connectivity index (χ0v) is 9.79. The van der Waals surface area contributed by atoms with Gasteiger partial charge in [-0.05, 0) is 18.2 Å². The SMILES string of the molecule is COc1ccccc1C(=O)N/N=C/c1ccoc1. The number of hydrogen-bond acceptors (Lipinski definition) is 4. The molecule has 1 aromatic heterocycles. The summed E-state index contributed by atoms with van der Waals surface area (Å²) in [6.45, 7) is 0. The number of carbonyl (C=O) groups excluding carboxylic acids is 1. The Hall–Kier alpha value is -2.56. The maximum atomic E-state index is 11.8. The highest BCUT2D eigenvalue weighted by Gasteiger charge is 2.09. The number of hydrogen-bond donors (Lipinski definition) is 1. The summed E-state index contributed by atoms with van der Waals surface area (Å²) in [7, 11) is 1.51. The molecule has 2 aromatic rings. The Morgan fingerprint density at radius 3 is 2.94 bits per heavy atom. The van der Waals surface area contributed by atoms with Crippen LogP contribution < -0.4 is 10.2 Å². The van der Waals surface area contributed by atoms with Crippen LogP contribution in [0.15, 0.2) is 52.4 Å². The van der Waals surface area contributed by atoms with Gasteiger partial charge in [0, 0.05) is 5.56 Å². The van der Waals surface area contributed by atoms with Gasteiger partial charge in [-0.15, -0.1) is 0 Å². The molecule has 5 heteroatoms. The number of hydrazone groups is 1. The fourth-order valence-corrected chi connectivity index (χ4v) is 1.41. The molecule has 1 aromatic carbocycles. The molecule has 0 saturated carbocycles. The van der Waals surface area contributed by atoms with Crippen molar-refractivity contribution in [2.24, 2.45) is 5.10 Å². The van der Waals surface area contributed by atoms with Crippen molar-refractivity contribution in [3.63, 3.8) is 0 Å². The summed E-state index contributed by atoms with van der Waals surface area (Å²) in [6, 6.07) is 8.68. The lowest BCUT2D eigenvalue weighted by Crippen LogP contribution is -2.18. The van der Waals surface area contributed by atoms with E-state index in [-0.39, 0.29) is 5.91 Å². The van der Waals surface area contributed by atoms with Crippen LogP contribution in [-0.4, -0.2) is 19.2 Å². The van der Waals surface area contributed by atoms with E-state index in [1.807, 2.05) is 0 Å². The Bertz CT molecular complexity index is 547. The van der Waals surface area contributed by atoms with Crippen LogP contribution in [0, 0.1) is 0 Å². The van der Waals surface area contributed by atoms with E-state index in [2.05, 4.69) is 10.5 Å². The standard InChI is InChI=1S/C13H12N2O3/c1-17-12-5-3-2-4-11(12)13(16)15-14-8-10-6-7-18-9-10/h2-9H,1H3,(H,15,16)/b14-8+. The van der Waals surface area contributed by atoms with Crippen molar-refractivity contribution in [2.75, 3.05) is 7.11 Å². The second-order valence-electron chi connectivity index (χ2n) is 3.46. The van der Waals surface area contributed by atoms with Crippen LogP contribution in [0.25, 0.3) is 0 Å². The molecule has 1 heterocycles. The lowest BCUT2D eigenvalue weighted by Gasteiger charge is -2.05. The van der Waals surface area contributed by atoms with Gasteiger partial charge < -0.3 is 9.15 Å². The van der Waals surface area contributed by atoms with Gasteiger partial charge in [-0.2, -0.15) is 5.10 Å². The third kappa shape index (κ3) is 2.76. The molecule has 0 aliphatic carbocycles.